The standard InChI is InChI=1S/C48H82NO8P/c1-3-5-7-9-11-13-15-17-19-21-22-23-24-25-27-29-31-33-35-37-39-41-48(51)57-46(45-56-58(52,53)55-43-42-49)44-54-47(50)40-38-36-34-32-30-28-26-20-18-16-14-12-10-8-6-4-2/h5,7,11,13,17,19-20,22-23,25-27,31,33,46H,3-4,6,8-10,12,14-16,18,21,24,28-30,32,34-45,49H2,1-2H3,(H,52,53)/b7-5-,13-11-,19-17-,23-22-,26-20-,27-25-,33-31-. The fourth-order valence-corrected chi connectivity index (χ4v) is 6.45. The Morgan fingerprint density at radius 3 is 1.47 bits per heavy atom. The van der Waals surface area contributed by atoms with Crippen LogP contribution in [-0.2, 0) is 32.7 Å². The Morgan fingerprint density at radius 2 is 0.948 bits per heavy atom. The van der Waals surface area contributed by atoms with Gasteiger partial charge in [0.2, 0.25) is 0 Å². The Balaban J connectivity index is 4.26. The van der Waals surface area contributed by atoms with Crippen LogP contribution >= 0.6 is 7.82 Å². The smallest absolute Gasteiger partial charge is 0.462 e. The summed E-state index contributed by atoms with van der Waals surface area (Å²) < 4.78 is 32.8. The summed E-state index contributed by atoms with van der Waals surface area (Å²) in [6, 6.07) is 0. The Labute approximate surface area is 354 Å². The Bertz CT molecular complexity index is 1220. The molecule has 3 N–H and O–H groups in total. The van der Waals surface area contributed by atoms with Gasteiger partial charge in [0, 0.05) is 19.4 Å². The molecule has 0 fully saturated rings. The molecule has 9 nitrogen and oxygen atoms in total. The Hall–Kier alpha value is -2.81. The number of unbranched alkanes of at least 4 members (excludes halogenated alkanes) is 14. The molecular weight excluding hydrogens is 750 g/mol. The number of allylic oxidation sites excluding steroid dienone is 14. The summed E-state index contributed by atoms with van der Waals surface area (Å²) in [5.41, 5.74) is 5.35. The maximum atomic E-state index is 12.6. The highest BCUT2D eigenvalue weighted by Crippen LogP contribution is 2.43. The van der Waals surface area contributed by atoms with Crippen LogP contribution in [-0.4, -0.2) is 49.3 Å². The number of phosphoric ester groups is 1. The summed E-state index contributed by atoms with van der Waals surface area (Å²) >= 11 is 0. The van der Waals surface area contributed by atoms with E-state index in [9.17, 15) is 19.0 Å². The zero-order valence-corrected chi connectivity index (χ0v) is 37.4. The van der Waals surface area contributed by atoms with Crippen molar-refractivity contribution in [2.24, 2.45) is 5.73 Å². The van der Waals surface area contributed by atoms with E-state index in [0.717, 1.165) is 83.5 Å². The molecule has 0 saturated carbocycles. The maximum Gasteiger partial charge on any atom is 0.472 e. The van der Waals surface area contributed by atoms with Gasteiger partial charge < -0.3 is 20.1 Å². The quantitative estimate of drug-likeness (QED) is 0.0267. The average Bonchev–Trinajstić information content (AvgIpc) is 3.21. The van der Waals surface area contributed by atoms with Crippen molar-refractivity contribution in [3.05, 3.63) is 85.1 Å². The number of nitrogens with two attached hydrogens (primary N) is 1. The number of rotatable bonds is 41. The first-order valence-corrected chi connectivity index (χ1v) is 24.1. The van der Waals surface area contributed by atoms with Crippen molar-refractivity contribution in [2.45, 2.75) is 180 Å². The van der Waals surface area contributed by atoms with Gasteiger partial charge in [-0.05, 0) is 89.9 Å². The lowest BCUT2D eigenvalue weighted by Crippen LogP contribution is -2.29. The van der Waals surface area contributed by atoms with Crippen LogP contribution in [0.5, 0.6) is 0 Å². The van der Waals surface area contributed by atoms with E-state index in [0.29, 0.717) is 12.8 Å². The van der Waals surface area contributed by atoms with Gasteiger partial charge in [0.25, 0.3) is 0 Å². The maximum absolute atomic E-state index is 12.6. The van der Waals surface area contributed by atoms with Gasteiger partial charge in [0.15, 0.2) is 6.10 Å². The zero-order valence-electron chi connectivity index (χ0n) is 36.5. The second-order valence-electron chi connectivity index (χ2n) is 14.5. The van der Waals surface area contributed by atoms with Gasteiger partial charge in [0.1, 0.15) is 6.61 Å². The fraction of sp³-hybridized carbons (Fsp3) is 0.667. The Morgan fingerprint density at radius 1 is 0.534 bits per heavy atom. The van der Waals surface area contributed by atoms with Gasteiger partial charge in [0.05, 0.1) is 13.2 Å². The van der Waals surface area contributed by atoms with Crippen LogP contribution < -0.4 is 5.73 Å². The van der Waals surface area contributed by atoms with Crippen LogP contribution in [0.3, 0.4) is 0 Å². The number of hydrogen-bond donors (Lipinski definition) is 2. The van der Waals surface area contributed by atoms with E-state index in [1.165, 1.54) is 51.4 Å². The number of ether oxygens (including phenoxy) is 2. The first kappa shape index (κ1) is 55.2. The summed E-state index contributed by atoms with van der Waals surface area (Å²) in [5, 5.41) is 0. The van der Waals surface area contributed by atoms with Gasteiger partial charge >= 0.3 is 19.8 Å². The second kappa shape index (κ2) is 43.8. The fourth-order valence-electron chi connectivity index (χ4n) is 5.69. The van der Waals surface area contributed by atoms with Crippen LogP contribution in [0.1, 0.15) is 174 Å². The third-order valence-electron chi connectivity index (χ3n) is 9.02. The average molecular weight is 832 g/mol. The molecule has 2 unspecified atom stereocenters. The number of phosphoric acid groups is 1. The van der Waals surface area contributed by atoms with E-state index in [2.05, 4.69) is 98.9 Å². The molecule has 2 atom stereocenters. The molecular formula is C48H82NO8P. The molecule has 0 bridgehead atoms. The minimum atomic E-state index is -4.40. The van der Waals surface area contributed by atoms with Crippen LogP contribution in [0, 0.1) is 0 Å². The highest BCUT2D eigenvalue weighted by molar-refractivity contribution is 7.47. The van der Waals surface area contributed by atoms with Crippen molar-refractivity contribution < 1.29 is 37.6 Å². The molecule has 332 valence electrons. The number of carbonyl (C=O) groups excluding carboxylic acids is 2. The van der Waals surface area contributed by atoms with Gasteiger partial charge in [-0.25, -0.2) is 4.57 Å². The Kier molecular flexibility index (Phi) is 41.6. The third-order valence-corrected chi connectivity index (χ3v) is 10.00. The summed E-state index contributed by atoms with van der Waals surface area (Å²) in [7, 11) is -4.40. The van der Waals surface area contributed by atoms with Gasteiger partial charge in [-0.1, -0.05) is 157 Å². The van der Waals surface area contributed by atoms with E-state index >= 15 is 0 Å². The molecule has 0 radical (unpaired) electrons. The van der Waals surface area contributed by atoms with E-state index < -0.39 is 32.5 Å². The van der Waals surface area contributed by atoms with Crippen molar-refractivity contribution in [1.82, 2.24) is 0 Å². The monoisotopic (exact) mass is 832 g/mol. The normalized spacial score (nSPS) is 14.1. The molecule has 0 aromatic carbocycles. The lowest BCUT2D eigenvalue weighted by Gasteiger charge is -2.19. The number of carbonyl (C=O) groups is 2. The molecule has 0 aliphatic rings. The first-order chi connectivity index (χ1) is 28.3. The van der Waals surface area contributed by atoms with Crippen LogP contribution in [0.25, 0.3) is 0 Å². The summed E-state index contributed by atoms with van der Waals surface area (Å²) in [4.78, 5) is 34.9. The minimum absolute atomic E-state index is 0.0406. The van der Waals surface area contributed by atoms with E-state index in [1.54, 1.807) is 0 Å². The largest absolute Gasteiger partial charge is 0.472 e. The van der Waals surface area contributed by atoms with Crippen molar-refractivity contribution in [3.63, 3.8) is 0 Å². The summed E-state index contributed by atoms with van der Waals surface area (Å²) in [6.45, 7) is 3.54. The van der Waals surface area contributed by atoms with Crippen molar-refractivity contribution in [2.75, 3.05) is 26.4 Å². The number of hydrogen-bond acceptors (Lipinski definition) is 8. The minimum Gasteiger partial charge on any atom is -0.462 e. The van der Waals surface area contributed by atoms with Crippen LogP contribution in [0.2, 0.25) is 0 Å². The highest BCUT2D eigenvalue weighted by atomic mass is 31.2. The predicted octanol–water partition coefficient (Wildman–Crippen LogP) is 13.2. The van der Waals surface area contributed by atoms with E-state index in [1.807, 2.05) is 0 Å². The highest BCUT2D eigenvalue weighted by Gasteiger charge is 2.26. The molecule has 0 aromatic rings. The van der Waals surface area contributed by atoms with E-state index in [-0.39, 0.29) is 32.6 Å². The lowest BCUT2D eigenvalue weighted by molar-refractivity contribution is -0.161. The molecule has 10 heteroatoms. The molecule has 0 heterocycles. The summed E-state index contributed by atoms with van der Waals surface area (Å²) in [6.07, 6.45) is 54.7. The van der Waals surface area contributed by atoms with Gasteiger partial charge in [-0.3, -0.25) is 18.6 Å². The molecule has 58 heavy (non-hydrogen) atoms. The second-order valence-corrected chi connectivity index (χ2v) is 16.0. The third kappa shape index (κ3) is 42.8. The van der Waals surface area contributed by atoms with Crippen molar-refractivity contribution in [1.29, 1.82) is 0 Å². The molecule has 0 amide bonds. The predicted molar refractivity (Wildman–Crippen MR) is 242 cm³/mol. The topological polar surface area (TPSA) is 134 Å². The zero-order chi connectivity index (χ0) is 42.5. The van der Waals surface area contributed by atoms with Gasteiger partial charge in [-0.15, -0.1) is 0 Å². The van der Waals surface area contributed by atoms with Crippen LogP contribution in [0.15, 0.2) is 85.1 Å². The molecule has 0 aliphatic heterocycles. The molecule has 0 spiro atoms. The van der Waals surface area contributed by atoms with Gasteiger partial charge in [-0.2, -0.15) is 0 Å². The number of esters is 2. The molecule has 0 aliphatic carbocycles. The molecule has 0 rings (SSSR count). The van der Waals surface area contributed by atoms with Crippen molar-refractivity contribution in [3.8, 4) is 0 Å². The van der Waals surface area contributed by atoms with Crippen LogP contribution in [0.4, 0.5) is 0 Å². The molecule has 0 saturated heterocycles. The lowest BCUT2D eigenvalue weighted by atomic mass is 10.1. The van der Waals surface area contributed by atoms with Crippen molar-refractivity contribution >= 4 is 19.8 Å². The first-order valence-electron chi connectivity index (χ1n) is 22.6. The van der Waals surface area contributed by atoms with E-state index in [4.69, 9.17) is 24.3 Å². The molecule has 0 aromatic heterocycles. The SMILES string of the molecule is CC/C=C\C/C=C\C/C=C\C/C=C\C/C=C\C/C=C\CCCCC(=O)OC(COC(=O)CCCCCCC/C=C\CCCCCCCCC)COP(=O)(O)OCCN. The summed E-state index contributed by atoms with van der Waals surface area (Å²) in [5.74, 6) is -0.895.